The summed E-state index contributed by atoms with van der Waals surface area (Å²) in [6, 6.07) is 7.58. The van der Waals surface area contributed by atoms with Crippen molar-refractivity contribution in [1.29, 1.82) is 0 Å². The van der Waals surface area contributed by atoms with Crippen molar-refractivity contribution >= 4 is 11.8 Å². The second kappa shape index (κ2) is 9.52. The highest BCUT2D eigenvalue weighted by molar-refractivity contribution is 5.95. The number of likely N-dealkylation sites (tertiary alicyclic amines) is 1. The maximum absolute atomic E-state index is 13.2. The molecule has 33 heavy (non-hydrogen) atoms. The summed E-state index contributed by atoms with van der Waals surface area (Å²) in [6.45, 7) is 10.3. The quantitative estimate of drug-likeness (QED) is 0.580. The minimum Gasteiger partial charge on any atom is -0.339 e. The van der Waals surface area contributed by atoms with E-state index in [0.29, 0.717) is 48.8 Å². The molecule has 2 aromatic heterocycles. The van der Waals surface area contributed by atoms with Gasteiger partial charge in [-0.15, -0.1) is 0 Å². The third-order valence-electron chi connectivity index (χ3n) is 6.33. The van der Waals surface area contributed by atoms with Crippen LogP contribution in [0.5, 0.6) is 0 Å². The third kappa shape index (κ3) is 4.51. The molecule has 0 bridgehead atoms. The normalized spacial score (nSPS) is 15.6. The van der Waals surface area contributed by atoms with Crippen LogP contribution in [-0.2, 0) is 0 Å². The van der Waals surface area contributed by atoms with Crippen LogP contribution in [0, 0.1) is 13.8 Å². The molecule has 4 rings (SSSR count). The van der Waals surface area contributed by atoms with Crippen molar-refractivity contribution < 1.29 is 9.59 Å². The first-order valence-electron chi connectivity index (χ1n) is 11.5. The highest BCUT2D eigenvalue weighted by Crippen LogP contribution is 2.27. The molecule has 0 N–H and O–H groups in total. The number of aryl methyl sites for hydroxylation is 2. The number of rotatable bonds is 6. The lowest BCUT2D eigenvalue weighted by molar-refractivity contribution is 0.0769. The minimum absolute atomic E-state index is 0.00374. The minimum atomic E-state index is -0.0420. The SMILES string of the molecule is CCN(CC)C(=O)c1cnc([C@H]2CCN(C(=O)c3ccc(C)c(-n4cccn4)c3)C2)nc1C. The van der Waals surface area contributed by atoms with E-state index in [9.17, 15) is 9.59 Å². The molecule has 0 aliphatic carbocycles. The Morgan fingerprint density at radius 3 is 2.64 bits per heavy atom. The second-order valence-electron chi connectivity index (χ2n) is 8.39. The highest BCUT2D eigenvalue weighted by Gasteiger charge is 2.30. The van der Waals surface area contributed by atoms with Gasteiger partial charge in [0.15, 0.2) is 0 Å². The van der Waals surface area contributed by atoms with Gasteiger partial charge >= 0.3 is 0 Å². The van der Waals surface area contributed by atoms with E-state index in [-0.39, 0.29) is 17.7 Å². The van der Waals surface area contributed by atoms with Crippen molar-refractivity contribution in [1.82, 2.24) is 29.5 Å². The van der Waals surface area contributed by atoms with E-state index in [0.717, 1.165) is 17.7 Å². The molecule has 1 aliphatic heterocycles. The Kier molecular flexibility index (Phi) is 6.53. The van der Waals surface area contributed by atoms with Crippen molar-refractivity contribution in [3.05, 3.63) is 71.1 Å². The summed E-state index contributed by atoms with van der Waals surface area (Å²) in [7, 11) is 0. The summed E-state index contributed by atoms with van der Waals surface area (Å²) < 4.78 is 1.77. The lowest BCUT2D eigenvalue weighted by atomic mass is 10.1. The molecule has 1 atom stereocenters. The van der Waals surface area contributed by atoms with E-state index < -0.39 is 0 Å². The Morgan fingerprint density at radius 2 is 1.97 bits per heavy atom. The lowest BCUT2D eigenvalue weighted by Gasteiger charge is -2.20. The predicted molar refractivity (Wildman–Crippen MR) is 126 cm³/mol. The van der Waals surface area contributed by atoms with Crippen molar-refractivity contribution in [2.24, 2.45) is 0 Å². The van der Waals surface area contributed by atoms with Gasteiger partial charge in [-0.1, -0.05) is 6.07 Å². The monoisotopic (exact) mass is 446 g/mol. The van der Waals surface area contributed by atoms with Crippen LogP contribution in [0.15, 0.2) is 42.9 Å². The molecule has 1 fully saturated rings. The molecule has 3 heterocycles. The molecule has 3 aromatic rings. The molecule has 1 aromatic carbocycles. The molecule has 0 unspecified atom stereocenters. The third-order valence-corrected chi connectivity index (χ3v) is 6.33. The molecule has 1 saturated heterocycles. The van der Waals surface area contributed by atoms with Gasteiger partial charge in [-0.2, -0.15) is 5.10 Å². The predicted octanol–water partition coefficient (Wildman–Crippen LogP) is 3.39. The van der Waals surface area contributed by atoms with E-state index in [1.807, 2.05) is 63.1 Å². The molecule has 8 nitrogen and oxygen atoms in total. The van der Waals surface area contributed by atoms with Crippen LogP contribution in [0.2, 0.25) is 0 Å². The van der Waals surface area contributed by atoms with Crippen LogP contribution in [0.4, 0.5) is 0 Å². The van der Waals surface area contributed by atoms with Crippen molar-refractivity contribution in [3.63, 3.8) is 0 Å². The summed E-state index contributed by atoms with van der Waals surface area (Å²) in [4.78, 5) is 38.7. The summed E-state index contributed by atoms with van der Waals surface area (Å²) in [5.74, 6) is 0.705. The number of carbonyl (C=O) groups is 2. The lowest BCUT2D eigenvalue weighted by Crippen LogP contribution is -2.31. The number of nitrogens with zero attached hydrogens (tertiary/aromatic N) is 6. The molecule has 2 amide bonds. The van der Waals surface area contributed by atoms with Crippen LogP contribution in [0.1, 0.15) is 64.0 Å². The fraction of sp³-hybridized carbons (Fsp3) is 0.400. The summed E-state index contributed by atoms with van der Waals surface area (Å²) >= 11 is 0. The van der Waals surface area contributed by atoms with Crippen LogP contribution < -0.4 is 0 Å². The zero-order valence-electron chi connectivity index (χ0n) is 19.7. The van der Waals surface area contributed by atoms with E-state index in [4.69, 9.17) is 0 Å². The van der Waals surface area contributed by atoms with Crippen LogP contribution in [0.3, 0.4) is 0 Å². The first-order chi connectivity index (χ1) is 15.9. The number of hydrogen-bond acceptors (Lipinski definition) is 5. The molecular formula is C25H30N6O2. The average molecular weight is 447 g/mol. The largest absolute Gasteiger partial charge is 0.339 e. The number of benzene rings is 1. The summed E-state index contributed by atoms with van der Waals surface area (Å²) in [6.07, 6.45) is 6.03. The van der Waals surface area contributed by atoms with Gasteiger partial charge in [0.2, 0.25) is 0 Å². The maximum Gasteiger partial charge on any atom is 0.257 e. The number of hydrogen-bond donors (Lipinski definition) is 0. The molecule has 0 radical (unpaired) electrons. The maximum atomic E-state index is 13.2. The van der Waals surface area contributed by atoms with Gasteiger partial charge in [0.05, 0.1) is 16.9 Å². The van der Waals surface area contributed by atoms with Gasteiger partial charge in [-0.3, -0.25) is 9.59 Å². The van der Waals surface area contributed by atoms with Crippen LogP contribution >= 0.6 is 0 Å². The molecule has 172 valence electrons. The Bertz CT molecular complexity index is 1150. The fourth-order valence-electron chi connectivity index (χ4n) is 4.31. The molecular weight excluding hydrogens is 416 g/mol. The van der Waals surface area contributed by atoms with Crippen molar-refractivity contribution in [2.45, 2.75) is 40.0 Å². The first-order valence-corrected chi connectivity index (χ1v) is 11.5. The topological polar surface area (TPSA) is 84.2 Å². The zero-order valence-corrected chi connectivity index (χ0v) is 19.7. The molecule has 1 aliphatic rings. The average Bonchev–Trinajstić information content (AvgIpc) is 3.52. The Morgan fingerprint density at radius 1 is 1.18 bits per heavy atom. The second-order valence-corrected chi connectivity index (χ2v) is 8.39. The number of amides is 2. The Balaban J connectivity index is 1.49. The number of carbonyl (C=O) groups excluding carboxylic acids is 2. The van der Waals surface area contributed by atoms with Crippen LogP contribution in [-0.4, -0.2) is 67.5 Å². The van der Waals surface area contributed by atoms with Gasteiger partial charge in [-0.05, 0) is 57.9 Å². The summed E-state index contributed by atoms with van der Waals surface area (Å²) in [5, 5.41) is 4.29. The Hall–Kier alpha value is -3.55. The van der Waals surface area contributed by atoms with Gasteiger partial charge in [-0.25, -0.2) is 14.6 Å². The molecule has 0 saturated carbocycles. The van der Waals surface area contributed by atoms with E-state index >= 15 is 0 Å². The molecule has 8 heteroatoms. The highest BCUT2D eigenvalue weighted by atomic mass is 16.2. The van der Waals surface area contributed by atoms with E-state index in [2.05, 4.69) is 15.1 Å². The fourth-order valence-corrected chi connectivity index (χ4v) is 4.31. The van der Waals surface area contributed by atoms with Gasteiger partial charge in [0, 0.05) is 56.3 Å². The van der Waals surface area contributed by atoms with Crippen molar-refractivity contribution in [3.8, 4) is 5.69 Å². The van der Waals surface area contributed by atoms with E-state index in [1.54, 1.807) is 22.0 Å². The van der Waals surface area contributed by atoms with Gasteiger partial charge in [0.1, 0.15) is 5.82 Å². The van der Waals surface area contributed by atoms with Gasteiger partial charge in [0.25, 0.3) is 11.8 Å². The standard InChI is InChI=1S/C25H30N6O2/c1-5-29(6-2)25(33)21-15-26-23(28-18(21)4)20-10-13-30(16-20)24(32)19-9-8-17(3)22(14-19)31-12-7-11-27-31/h7-9,11-12,14-15,20H,5-6,10,13,16H2,1-4H3/t20-/m0/s1. The summed E-state index contributed by atoms with van der Waals surface area (Å²) in [5.41, 5.74) is 3.82. The smallest absolute Gasteiger partial charge is 0.257 e. The van der Waals surface area contributed by atoms with E-state index in [1.165, 1.54) is 0 Å². The van der Waals surface area contributed by atoms with Crippen LogP contribution in [0.25, 0.3) is 5.69 Å². The first kappa shape index (κ1) is 22.6. The zero-order chi connectivity index (χ0) is 23.5. The van der Waals surface area contributed by atoms with Crippen molar-refractivity contribution in [2.75, 3.05) is 26.2 Å². The number of aromatic nitrogens is 4. The Labute approximate surface area is 194 Å². The van der Waals surface area contributed by atoms with Gasteiger partial charge < -0.3 is 9.80 Å². The molecule has 0 spiro atoms.